The molecular formula is C25H28N2O4. The highest BCUT2D eigenvalue weighted by molar-refractivity contribution is 6.05. The Morgan fingerprint density at radius 1 is 1.06 bits per heavy atom. The number of phenolic OH excluding ortho intramolecular Hbond substituents is 1. The molecule has 0 saturated carbocycles. The molecule has 0 fully saturated rings. The number of carbonyl (C=O) groups excluding carboxylic acids is 1. The van der Waals surface area contributed by atoms with Crippen molar-refractivity contribution >= 4 is 11.6 Å². The van der Waals surface area contributed by atoms with Gasteiger partial charge in [-0.1, -0.05) is 32.9 Å². The molecule has 0 atom stereocenters. The third-order valence-electron chi connectivity index (χ3n) is 4.73. The number of amides is 1. The van der Waals surface area contributed by atoms with Gasteiger partial charge in [-0.3, -0.25) is 9.78 Å². The van der Waals surface area contributed by atoms with Gasteiger partial charge in [0.25, 0.3) is 5.91 Å². The van der Waals surface area contributed by atoms with Crippen LogP contribution in [0.1, 0.15) is 49.2 Å². The van der Waals surface area contributed by atoms with Crippen molar-refractivity contribution < 1.29 is 19.4 Å². The highest BCUT2D eigenvalue weighted by Gasteiger charge is 2.18. The zero-order valence-electron chi connectivity index (χ0n) is 18.3. The zero-order valence-corrected chi connectivity index (χ0v) is 18.3. The number of hydrogen-bond donors (Lipinski definition) is 2. The van der Waals surface area contributed by atoms with E-state index in [2.05, 4.69) is 31.1 Å². The van der Waals surface area contributed by atoms with Crippen LogP contribution in [0.5, 0.6) is 17.2 Å². The van der Waals surface area contributed by atoms with Crippen LogP contribution in [-0.4, -0.2) is 22.6 Å². The first-order chi connectivity index (χ1) is 14.8. The van der Waals surface area contributed by atoms with E-state index in [4.69, 9.17) is 9.47 Å². The van der Waals surface area contributed by atoms with Crippen LogP contribution in [0.25, 0.3) is 0 Å². The summed E-state index contributed by atoms with van der Waals surface area (Å²) < 4.78 is 11.5. The molecule has 1 amide bonds. The lowest BCUT2D eigenvalue weighted by molar-refractivity contribution is 0.102. The molecular weight excluding hydrogens is 392 g/mol. The first kappa shape index (κ1) is 22.2. The molecule has 0 saturated heterocycles. The average molecular weight is 421 g/mol. The van der Waals surface area contributed by atoms with Crippen LogP contribution in [0.3, 0.4) is 0 Å². The van der Waals surface area contributed by atoms with Gasteiger partial charge in [0.15, 0.2) is 11.5 Å². The number of rotatable bonds is 7. The van der Waals surface area contributed by atoms with E-state index in [0.717, 1.165) is 11.1 Å². The van der Waals surface area contributed by atoms with Gasteiger partial charge < -0.3 is 19.9 Å². The standard InChI is InChI=1S/C25H28N2O4/c1-5-30-23-13-18(8-11-22(23)31-16-17-7-6-12-26-15-17)24(29)27-20-14-19(25(2,3)4)9-10-21(20)28/h6-15,28H,5,16H2,1-4H3,(H,27,29). The summed E-state index contributed by atoms with van der Waals surface area (Å²) in [5.74, 6) is 0.690. The number of phenols is 1. The molecule has 0 unspecified atom stereocenters. The number of anilines is 1. The quantitative estimate of drug-likeness (QED) is 0.506. The first-order valence-corrected chi connectivity index (χ1v) is 10.2. The van der Waals surface area contributed by atoms with E-state index in [-0.39, 0.29) is 17.1 Å². The van der Waals surface area contributed by atoms with Gasteiger partial charge in [-0.2, -0.15) is 0 Å². The Morgan fingerprint density at radius 2 is 1.87 bits per heavy atom. The molecule has 31 heavy (non-hydrogen) atoms. The Labute approximate surface area is 182 Å². The molecule has 0 radical (unpaired) electrons. The molecule has 0 bridgehead atoms. The van der Waals surface area contributed by atoms with Crippen molar-refractivity contribution in [3.05, 3.63) is 77.6 Å². The topological polar surface area (TPSA) is 80.7 Å². The summed E-state index contributed by atoms with van der Waals surface area (Å²) in [6, 6.07) is 14.0. The van der Waals surface area contributed by atoms with Gasteiger partial charge in [0.2, 0.25) is 0 Å². The minimum Gasteiger partial charge on any atom is -0.506 e. The number of aromatic nitrogens is 1. The molecule has 3 aromatic rings. The summed E-state index contributed by atoms with van der Waals surface area (Å²) >= 11 is 0. The fraction of sp³-hybridized carbons (Fsp3) is 0.280. The van der Waals surface area contributed by atoms with Gasteiger partial charge >= 0.3 is 0 Å². The van der Waals surface area contributed by atoms with Crippen LogP contribution in [0.2, 0.25) is 0 Å². The summed E-state index contributed by atoms with van der Waals surface area (Å²) in [6.07, 6.45) is 3.44. The summed E-state index contributed by atoms with van der Waals surface area (Å²) in [4.78, 5) is 16.9. The average Bonchev–Trinajstić information content (AvgIpc) is 2.74. The fourth-order valence-corrected chi connectivity index (χ4v) is 2.98. The normalized spacial score (nSPS) is 11.1. The van der Waals surface area contributed by atoms with Gasteiger partial charge in [-0.05, 0) is 54.3 Å². The molecule has 2 N–H and O–H groups in total. The lowest BCUT2D eigenvalue weighted by atomic mass is 9.87. The van der Waals surface area contributed by atoms with E-state index in [1.807, 2.05) is 25.1 Å². The number of ether oxygens (including phenoxy) is 2. The number of carbonyl (C=O) groups is 1. The van der Waals surface area contributed by atoms with Crippen molar-refractivity contribution in [2.24, 2.45) is 0 Å². The molecule has 1 heterocycles. The van der Waals surface area contributed by atoms with Crippen molar-refractivity contribution in [1.29, 1.82) is 0 Å². The molecule has 0 aliphatic carbocycles. The lowest BCUT2D eigenvalue weighted by Crippen LogP contribution is -2.15. The van der Waals surface area contributed by atoms with Crippen molar-refractivity contribution in [3.8, 4) is 17.2 Å². The largest absolute Gasteiger partial charge is 0.506 e. The second-order valence-electron chi connectivity index (χ2n) is 8.18. The van der Waals surface area contributed by atoms with Crippen LogP contribution in [0.15, 0.2) is 60.9 Å². The molecule has 0 aliphatic rings. The zero-order chi connectivity index (χ0) is 22.4. The van der Waals surface area contributed by atoms with Crippen molar-refractivity contribution in [1.82, 2.24) is 4.98 Å². The predicted molar refractivity (Wildman–Crippen MR) is 121 cm³/mol. The number of aromatic hydroxyl groups is 1. The summed E-state index contributed by atoms with van der Waals surface area (Å²) in [7, 11) is 0. The van der Waals surface area contributed by atoms with Crippen LogP contribution in [0, 0.1) is 0 Å². The number of nitrogens with zero attached hydrogens (tertiary/aromatic N) is 1. The Morgan fingerprint density at radius 3 is 2.55 bits per heavy atom. The number of nitrogens with one attached hydrogen (secondary N) is 1. The SMILES string of the molecule is CCOc1cc(C(=O)Nc2cc(C(C)(C)C)ccc2O)ccc1OCc1cccnc1. The molecule has 6 heteroatoms. The maximum Gasteiger partial charge on any atom is 0.255 e. The Hall–Kier alpha value is -3.54. The Kier molecular flexibility index (Phi) is 6.80. The molecule has 3 rings (SSSR count). The van der Waals surface area contributed by atoms with Gasteiger partial charge in [0, 0.05) is 23.5 Å². The van der Waals surface area contributed by atoms with Crippen LogP contribution < -0.4 is 14.8 Å². The fourth-order valence-electron chi connectivity index (χ4n) is 2.98. The Balaban J connectivity index is 1.79. The highest BCUT2D eigenvalue weighted by Crippen LogP contribution is 2.32. The summed E-state index contributed by atoms with van der Waals surface area (Å²) in [5, 5.41) is 13.0. The lowest BCUT2D eigenvalue weighted by Gasteiger charge is -2.20. The minimum absolute atomic E-state index is 0.0165. The molecule has 1 aromatic heterocycles. The maximum atomic E-state index is 12.8. The van der Waals surface area contributed by atoms with E-state index < -0.39 is 0 Å². The number of benzene rings is 2. The smallest absolute Gasteiger partial charge is 0.255 e. The monoisotopic (exact) mass is 420 g/mol. The second kappa shape index (κ2) is 9.51. The van der Waals surface area contributed by atoms with Crippen LogP contribution in [0.4, 0.5) is 5.69 Å². The number of pyridine rings is 1. The van der Waals surface area contributed by atoms with Crippen LogP contribution in [-0.2, 0) is 12.0 Å². The van der Waals surface area contributed by atoms with Gasteiger partial charge in [-0.15, -0.1) is 0 Å². The summed E-state index contributed by atoms with van der Waals surface area (Å²) in [6.45, 7) is 8.86. The van der Waals surface area contributed by atoms with Gasteiger partial charge in [0.05, 0.1) is 12.3 Å². The third kappa shape index (κ3) is 5.75. The van der Waals surface area contributed by atoms with Gasteiger partial charge in [-0.25, -0.2) is 0 Å². The van der Waals surface area contributed by atoms with Gasteiger partial charge in [0.1, 0.15) is 12.4 Å². The van der Waals surface area contributed by atoms with Crippen molar-refractivity contribution in [3.63, 3.8) is 0 Å². The first-order valence-electron chi connectivity index (χ1n) is 10.2. The molecule has 162 valence electrons. The van der Waals surface area contributed by atoms with E-state index in [0.29, 0.717) is 36.0 Å². The second-order valence-corrected chi connectivity index (χ2v) is 8.18. The highest BCUT2D eigenvalue weighted by atomic mass is 16.5. The minimum atomic E-state index is -0.346. The van der Waals surface area contributed by atoms with E-state index in [9.17, 15) is 9.90 Å². The molecule has 2 aromatic carbocycles. The predicted octanol–water partition coefficient (Wildman–Crippen LogP) is 5.31. The summed E-state index contributed by atoms with van der Waals surface area (Å²) in [5.41, 5.74) is 2.60. The van der Waals surface area contributed by atoms with Crippen LogP contribution >= 0.6 is 0 Å². The van der Waals surface area contributed by atoms with Crippen molar-refractivity contribution in [2.45, 2.75) is 39.7 Å². The number of hydrogen-bond acceptors (Lipinski definition) is 5. The van der Waals surface area contributed by atoms with E-state index in [1.165, 1.54) is 0 Å². The third-order valence-corrected chi connectivity index (χ3v) is 4.73. The van der Waals surface area contributed by atoms with Crippen molar-refractivity contribution in [2.75, 3.05) is 11.9 Å². The van der Waals surface area contributed by atoms with E-state index >= 15 is 0 Å². The Bertz CT molecular complexity index is 1040. The van der Waals surface area contributed by atoms with E-state index in [1.54, 1.807) is 42.7 Å². The maximum absolute atomic E-state index is 12.8. The molecule has 0 spiro atoms. The molecule has 6 nitrogen and oxygen atoms in total. The molecule has 0 aliphatic heterocycles.